The zero-order valence-corrected chi connectivity index (χ0v) is 18.1. The van der Waals surface area contributed by atoms with Gasteiger partial charge in [-0.1, -0.05) is 18.2 Å². The van der Waals surface area contributed by atoms with Crippen LogP contribution in [0, 0.1) is 12.7 Å². The van der Waals surface area contributed by atoms with E-state index in [0.717, 1.165) is 20.8 Å². The fraction of sp³-hybridized carbons (Fsp3) is 0.136. The van der Waals surface area contributed by atoms with Gasteiger partial charge in [-0.25, -0.2) is 12.8 Å². The van der Waals surface area contributed by atoms with Crippen LogP contribution in [0.4, 0.5) is 15.8 Å². The second-order valence-corrected chi connectivity index (χ2v) is 9.33. The lowest BCUT2D eigenvalue weighted by Crippen LogP contribution is -2.38. The van der Waals surface area contributed by atoms with Gasteiger partial charge in [-0.2, -0.15) is 0 Å². The summed E-state index contributed by atoms with van der Waals surface area (Å²) in [6.07, 6.45) is 1.89. The molecule has 0 heterocycles. The Balaban J connectivity index is 1.94. The summed E-state index contributed by atoms with van der Waals surface area (Å²) < 4.78 is 41.3. The molecule has 156 valence electrons. The highest BCUT2D eigenvalue weighted by molar-refractivity contribution is 7.98. The largest absolute Gasteiger partial charge is 0.325 e. The smallest absolute Gasteiger partial charge is 0.264 e. The molecule has 0 unspecified atom stereocenters. The Bertz CT molecular complexity index is 1150. The summed E-state index contributed by atoms with van der Waals surface area (Å²) in [7, 11) is -4.09. The molecule has 0 spiro atoms. The van der Waals surface area contributed by atoms with E-state index < -0.39 is 28.3 Å². The number of carbonyl (C=O) groups is 1. The minimum absolute atomic E-state index is 0.0212. The molecular formula is C22H21FN2O3S2. The van der Waals surface area contributed by atoms with Gasteiger partial charge in [0.25, 0.3) is 10.0 Å². The molecule has 0 aromatic heterocycles. The molecule has 1 N–H and O–H groups in total. The minimum atomic E-state index is -4.09. The third-order valence-corrected chi connectivity index (χ3v) is 6.86. The average molecular weight is 445 g/mol. The predicted octanol–water partition coefficient (Wildman–Crippen LogP) is 4.69. The summed E-state index contributed by atoms with van der Waals surface area (Å²) in [5.41, 5.74) is 1.58. The lowest BCUT2D eigenvalue weighted by atomic mass is 10.2. The van der Waals surface area contributed by atoms with Gasteiger partial charge in [0, 0.05) is 10.6 Å². The molecule has 0 aliphatic heterocycles. The van der Waals surface area contributed by atoms with E-state index in [9.17, 15) is 17.6 Å². The quantitative estimate of drug-likeness (QED) is 0.537. The first kappa shape index (κ1) is 21.9. The number of benzene rings is 3. The summed E-state index contributed by atoms with van der Waals surface area (Å²) in [5, 5.41) is 2.70. The second-order valence-electron chi connectivity index (χ2n) is 6.58. The maximum Gasteiger partial charge on any atom is 0.264 e. The zero-order valence-electron chi connectivity index (χ0n) is 16.5. The van der Waals surface area contributed by atoms with E-state index in [0.29, 0.717) is 5.69 Å². The van der Waals surface area contributed by atoms with E-state index in [1.807, 2.05) is 19.2 Å². The number of nitrogens with one attached hydrogen (secondary N) is 1. The fourth-order valence-electron chi connectivity index (χ4n) is 2.87. The van der Waals surface area contributed by atoms with Crippen LogP contribution in [0.15, 0.2) is 82.6 Å². The van der Waals surface area contributed by atoms with Gasteiger partial charge in [0.15, 0.2) is 0 Å². The first-order valence-corrected chi connectivity index (χ1v) is 11.7. The van der Waals surface area contributed by atoms with Crippen LogP contribution in [-0.2, 0) is 14.8 Å². The highest BCUT2D eigenvalue weighted by atomic mass is 32.2. The number of hydrogen-bond donors (Lipinski definition) is 1. The monoisotopic (exact) mass is 444 g/mol. The molecule has 0 fully saturated rings. The highest BCUT2D eigenvalue weighted by Crippen LogP contribution is 2.26. The van der Waals surface area contributed by atoms with Crippen LogP contribution in [0.1, 0.15) is 5.56 Å². The molecule has 0 bridgehead atoms. The van der Waals surface area contributed by atoms with E-state index in [1.54, 1.807) is 30.3 Å². The molecule has 5 nitrogen and oxygen atoms in total. The molecule has 0 aliphatic carbocycles. The Kier molecular flexibility index (Phi) is 6.79. The molecule has 3 rings (SSSR count). The van der Waals surface area contributed by atoms with Crippen molar-refractivity contribution < 1.29 is 17.6 Å². The van der Waals surface area contributed by atoms with Crippen molar-refractivity contribution in [1.82, 2.24) is 0 Å². The van der Waals surface area contributed by atoms with Crippen molar-refractivity contribution in [2.75, 3.05) is 22.4 Å². The van der Waals surface area contributed by atoms with Gasteiger partial charge in [-0.05, 0) is 73.3 Å². The van der Waals surface area contributed by atoms with Crippen molar-refractivity contribution in [3.8, 4) is 0 Å². The van der Waals surface area contributed by atoms with Gasteiger partial charge in [0.1, 0.15) is 12.4 Å². The Morgan fingerprint density at radius 3 is 2.37 bits per heavy atom. The number of rotatable bonds is 7. The molecule has 0 saturated carbocycles. The first-order chi connectivity index (χ1) is 14.3. The van der Waals surface area contributed by atoms with E-state index in [2.05, 4.69) is 5.32 Å². The lowest BCUT2D eigenvalue weighted by molar-refractivity contribution is -0.114. The SMILES string of the molecule is CSc1ccc(S(=O)(=O)N(CC(=O)Nc2cccc(C)c2)c2cccc(F)c2)cc1. The summed E-state index contributed by atoms with van der Waals surface area (Å²) in [5.74, 6) is -1.13. The van der Waals surface area contributed by atoms with Crippen molar-refractivity contribution in [2.45, 2.75) is 16.7 Å². The summed E-state index contributed by atoms with van der Waals surface area (Å²) in [6.45, 7) is 1.39. The van der Waals surface area contributed by atoms with Gasteiger partial charge in [-0.3, -0.25) is 9.10 Å². The van der Waals surface area contributed by atoms with Crippen LogP contribution < -0.4 is 9.62 Å². The zero-order chi connectivity index (χ0) is 21.7. The molecule has 0 aliphatic rings. The molecule has 3 aromatic carbocycles. The highest BCUT2D eigenvalue weighted by Gasteiger charge is 2.27. The van der Waals surface area contributed by atoms with E-state index in [4.69, 9.17) is 0 Å². The standard InChI is InChI=1S/C22H21FN2O3S2/c1-16-5-3-7-18(13-16)24-22(26)15-25(19-8-4-6-17(23)14-19)30(27,28)21-11-9-20(29-2)10-12-21/h3-14H,15H2,1-2H3,(H,24,26). The Morgan fingerprint density at radius 1 is 1.03 bits per heavy atom. The topological polar surface area (TPSA) is 66.5 Å². The van der Waals surface area contributed by atoms with Crippen molar-refractivity contribution in [3.05, 3.63) is 84.2 Å². The van der Waals surface area contributed by atoms with Crippen molar-refractivity contribution in [2.24, 2.45) is 0 Å². The van der Waals surface area contributed by atoms with Gasteiger partial charge in [0.05, 0.1) is 10.6 Å². The Labute approximate surface area is 180 Å². The second kappa shape index (κ2) is 9.32. The van der Waals surface area contributed by atoms with E-state index >= 15 is 0 Å². The summed E-state index contributed by atoms with van der Waals surface area (Å²) >= 11 is 1.49. The molecule has 0 radical (unpaired) electrons. The predicted molar refractivity (Wildman–Crippen MR) is 119 cm³/mol. The molecule has 0 atom stereocenters. The van der Waals surface area contributed by atoms with Crippen molar-refractivity contribution >= 4 is 39.1 Å². The van der Waals surface area contributed by atoms with E-state index in [1.165, 1.54) is 42.1 Å². The Morgan fingerprint density at radius 2 is 1.73 bits per heavy atom. The van der Waals surface area contributed by atoms with E-state index in [-0.39, 0.29) is 10.6 Å². The molecular weight excluding hydrogens is 423 g/mol. The number of hydrogen-bond acceptors (Lipinski definition) is 4. The van der Waals surface area contributed by atoms with Crippen LogP contribution in [0.5, 0.6) is 0 Å². The third kappa shape index (κ3) is 5.20. The van der Waals surface area contributed by atoms with Crippen LogP contribution in [-0.4, -0.2) is 27.1 Å². The van der Waals surface area contributed by atoms with Crippen LogP contribution in [0.25, 0.3) is 0 Å². The molecule has 1 amide bonds. The number of anilines is 2. The maximum absolute atomic E-state index is 13.8. The molecule has 0 saturated heterocycles. The van der Waals surface area contributed by atoms with Gasteiger partial charge in [0.2, 0.25) is 5.91 Å². The number of nitrogens with zero attached hydrogens (tertiary/aromatic N) is 1. The van der Waals surface area contributed by atoms with Crippen LogP contribution >= 0.6 is 11.8 Å². The number of carbonyl (C=O) groups excluding carboxylic acids is 1. The fourth-order valence-corrected chi connectivity index (χ4v) is 4.70. The Hall–Kier alpha value is -2.84. The molecule has 30 heavy (non-hydrogen) atoms. The number of halogens is 1. The third-order valence-electron chi connectivity index (χ3n) is 4.33. The summed E-state index contributed by atoms with van der Waals surface area (Å²) in [4.78, 5) is 13.6. The number of sulfonamides is 1. The van der Waals surface area contributed by atoms with Gasteiger partial charge in [-0.15, -0.1) is 11.8 Å². The van der Waals surface area contributed by atoms with Crippen LogP contribution in [0.3, 0.4) is 0 Å². The number of thioether (sulfide) groups is 1. The minimum Gasteiger partial charge on any atom is -0.325 e. The average Bonchev–Trinajstić information content (AvgIpc) is 2.72. The lowest BCUT2D eigenvalue weighted by Gasteiger charge is -2.24. The number of aryl methyl sites for hydroxylation is 1. The molecule has 3 aromatic rings. The van der Waals surface area contributed by atoms with Crippen LogP contribution in [0.2, 0.25) is 0 Å². The number of amides is 1. The van der Waals surface area contributed by atoms with Gasteiger partial charge >= 0.3 is 0 Å². The molecule has 8 heteroatoms. The van der Waals surface area contributed by atoms with Gasteiger partial charge < -0.3 is 5.32 Å². The first-order valence-electron chi connectivity index (χ1n) is 9.08. The van der Waals surface area contributed by atoms with Crippen molar-refractivity contribution in [3.63, 3.8) is 0 Å². The van der Waals surface area contributed by atoms with Crippen molar-refractivity contribution in [1.29, 1.82) is 0 Å². The summed E-state index contributed by atoms with van der Waals surface area (Å²) in [6, 6.07) is 18.7. The normalized spacial score (nSPS) is 11.2. The maximum atomic E-state index is 13.8.